The van der Waals surface area contributed by atoms with Gasteiger partial charge in [0, 0.05) is 17.6 Å². The second-order valence-electron chi connectivity index (χ2n) is 3.93. The molecule has 0 bridgehead atoms. The van der Waals surface area contributed by atoms with E-state index in [1.165, 1.54) is 11.6 Å². The minimum absolute atomic E-state index is 0.142. The highest BCUT2D eigenvalue weighted by Gasteiger charge is 2.29. The molecule has 0 atom stereocenters. The Labute approximate surface area is 71.6 Å². The van der Waals surface area contributed by atoms with Crippen molar-refractivity contribution in [1.82, 2.24) is 0 Å². The predicted octanol–water partition coefficient (Wildman–Crippen LogP) is 2.53. The molecular formula is C10H12FN. The molecule has 0 spiro atoms. The molecule has 12 heavy (non-hydrogen) atoms. The fourth-order valence-electron chi connectivity index (χ4n) is 1.66. The number of benzene rings is 1. The highest BCUT2D eigenvalue weighted by molar-refractivity contribution is 5.59. The molecule has 1 N–H and O–H groups in total. The summed E-state index contributed by atoms with van der Waals surface area (Å²) in [5, 5.41) is 3.19. The molecule has 0 radical (unpaired) electrons. The number of hydrogen-bond donors (Lipinski definition) is 1. The summed E-state index contributed by atoms with van der Waals surface area (Å²) in [6.45, 7) is 5.21. The van der Waals surface area contributed by atoms with Crippen LogP contribution in [0.2, 0.25) is 0 Å². The normalized spacial score (nSPS) is 18.6. The second kappa shape index (κ2) is 2.22. The van der Waals surface area contributed by atoms with Crippen LogP contribution < -0.4 is 5.32 Å². The van der Waals surface area contributed by atoms with Crippen LogP contribution in [0.5, 0.6) is 0 Å². The van der Waals surface area contributed by atoms with Gasteiger partial charge < -0.3 is 5.32 Å². The number of hydrogen-bond acceptors (Lipinski definition) is 1. The largest absolute Gasteiger partial charge is 0.384 e. The van der Waals surface area contributed by atoms with E-state index in [9.17, 15) is 4.39 Å². The second-order valence-corrected chi connectivity index (χ2v) is 3.93. The third kappa shape index (κ3) is 0.986. The van der Waals surface area contributed by atoms with Crippen LogP contribution in [0.25, 0.3) is 0 Å². The van der Waals surface area contributed by atoms with E-state index in [0.717, 1.165) is 12.2 Å². The van der Waals surface area contributed by atoms with Crippen molar-refractivity contribution in [2.24, 2.45) is 0 Å². The van der Waals surface area contributed by atoms with Crippen LogP contribution in [0, 0.1) is 5.82 Å². The molecule has 1 nitrogen and oxygen atoms in total. The van der Waals surface area contributed by atoms with Crippen molar-refractivity contribution in [3.63, 3.8) is 0 Å². The van der Waals surface area contributed by atoms with E-state index in [1.807, 2.05) is 6.07 Å². The molecule has 1 aromatic rings. The molecule has 2 rings (SSSR count). The third-order valence-corrected chi connectivity index (χ3v) is 2.43. The molecule has 0 aliphatic carbocycles. The van der Waals surface area contributed by atoms with Gasteiger partial charge in [-0.2, -0.15) is 0 Å². The summed E-state index contributed by atoms with van der Waals surface area (Å²) in [6.07, 6.45) is 0. The van der Waals surface area contributed by atoms with E-state index in [2.05, 4.69) is 19.2 Å². The van der Waals surface area contributed by atoms with Crippen LogP contribution >= 0.6 is 0 Å². The van der Waals surface area contributed by atoms with Gasteiger partial charge in [0.05, 0.1) is 0 Å². The molecule has 1 aliphatic rings. The summed E-state index contributed by atoms with van der Waals surface area (Å²) in [6, 6.07) is 4.95. The van der Waals surface area contributed by atoms with E-state index in [0.29, 0.717) is 0 Å². The molecule has 1 heterocycles. The van der Waals surface area contributed by atoms with Crippen LogP contribution in [0.3, 0.4) is 0 Å². The third-order valence-electron chi connectivity index (χ3n) is 2.43. The molecule has 0 saturated carbocycles. The first-order valence-electron chi connectivity index (χ1n) is 4.13. The molecule has 0 amide bonds. The Hall–Kier alpha value is -1.05. The fourth-order valence-corrected chi connectivity index (χ4v) is 1.66. The summed E-state index contributed by atoms with van der Waals surface area (Å²) in [7, 11) is 0. The average Bonchev–Trinajstić information content (AvgIpc) is 2.27. The van der Waals surface area contributed by atoms with Crippen molar-refractivity contribution in [3.05, 3.63) is 29.6 Å². The van der Waals surface area contributed by atoms with Gasteiger partial charge in [0.1, 0.15) is 5.82 Å². The van der Waals surface area contributed by atoms with Gasteiger partial charge in [-0.3, -0.25) is 0 Å². The molecule has 0 saturated heterocycles. The number of anilines is 1. The van der Waals surface area contributed by atoms with Gasteiger partial charge in [0.25, 0.3) is 0 Å². The fraction of sp³-hybridized carbons (Fsp3) is 0.400. The van der Waals surface area contributed by atoms with E-state index in [4.69, 9.17) is 0 Å². The van der Waals surface area contributed by atoms with Crippen LogP contribution in [0.1, 0.15) is 19.4 Å². The number of nitrogens with one attached hydrogen (secondary N) is 1. The van der Waals surface area contributed by atoms with Gasteiger partial charge in [0.15, 0.2) is 0 Å². The molecular weight excluding hydrogens is 153 g/mol. The topological polar surface area (TPSA) is 12.0 Å². The van der Waals surface area contributed by atoms with E-state index >= 15 is 0 Å². The Morgan fingerprint density at radius 1 is 1.42 bits per heavy atom. The maximum atomic E-state index is 12.8. The maximum Gasteiger partial charge on any atom is 0.125 e. The van der Waals surface area contributed by atoms with E-state index < -0.39 is 0 Å². The Morgan fingerprint density at radius 2 is 2.17 bits per heavy atom. The monoisotopic (exact) mass is 165 g/mol. The summed E-state index contributed by atoms with van der Waals surface area (Å²) >= 11 is 0. The van der Waals surface area contributed by atoms with Gasteiger partial charge in [-0.25, -0.2) is 4.39 Å². The zero-order chi connectivity index (χ0) is 8.77. The van der Waals surface area contributed by atoms with Gasteiger partial charge in [-0.05, 0) is 17.7 Å². The Bertz CT molecular complexity index is 318. The Balaban J connectivity index is 2.55. The predicted molar refractivity (Wildman–Crippen MR) is 47.9 cm³/mol. The summed E-state index contributed by atoms with van der Waals surface area (Å²) in [5.74, 6) is -0.168. The zero-order valence-electron chi connectivity index (χ0n) is 7.32. The molecule has 0 unspecified atom stereocenters. The van der Waals surface area contributed by atoms with Gasteiger partial charge in [-0.1, -0.05) is 19.9 Å². The number of fused-ring (bicyclic) bond motifs is 1. The molecule has 2 heteroatoms. The first-order valence-corrected chi connectivity index (χ1v) is 4.13. The van der Waals surface area contributed by atoms with Crippen molar-refractivity contribution in [3.8, 4) is 0 Å². The van der Waals surface area contributed by atoms with Crippen molar-refractivity contribution in [2.75, 3.05) is 11.9 Å². The Morgan fingerprint density at radius 3 is 2.92 bits per heavy atom. The smallest absolute Gasteiger partial charge is 0.125 e. The highest BCUT2D eigenvalue weighted by Crippen LogP contribution is 2.36. The summed E-state index contributed by atoms with van der Waals surface area (Å²) < 4.78 is 12.8. The maximum absolute atomic E-state index is 12.8. The first kappa shape index (κ1) is 7.59. The SMILES string of the molecule is CC1(C)CNc2cc(F)ccc21. The van der Waals surface area contributed by atoms with Crippen molar-refractivity contribution < 1.29 is 4.39 Å². The van der Waals surface area contributed by atoms with Crippen LogP contribution in [-0.2, 0) is 5.41 Å². The lowest BCUT2D eigenvalue weighted by molar-refractivity contribution is 0.584. The summed E-state index contributed by atoms with van der Waals surface area (Å²) in [5.41, 5.74) is 2.30. The average molecular weight is 165 g/mol. The van der Waals surface area contributed by atoms with Crippen LogP contribution in [-0.4, -0.2) is 6.54 Å². The van der Waals surface area contributed by atoms with Gasteiger partial charge in [0.2, 0.25) is 0 Å². The van der Waals surface area contributed by atoms with Crippen molar-refractivity contribution in [2.45, 2.75) is 19.3 Å². The van der Waals surface area contributed by atoms with E-state index in [1.54, 1.807) is 6.07 Å². The van der Waals surface area contributed by atoms with E-state index in [-0.39, 0.29) is 11.2 Å². The number of halogens is 1. The highest BCUT2D eigenvalue weighted by atomic mass is 19.1. The molecule has 0 aromatic heterocycles. The first-order chi connectivity index (χ1) is 5.59. The summed E-state index contributed by atoms with van der Waals surface area (Å²) in [4.78, 5) is 0. The van der Waals surface area contributed by atoms with Gasteiger partial charge in [-0.15, -0.1) is 0 Å². The van der Waals surface area contributed by atoms with Crippen molar-refractivity contribution in [1.29, 1.82) is 0 Å². The lowest BCUT2D eigenvalue weighted by atomic mass is 9.87. The molecule has 0 fully saturated rings. The van der Waals surface area contributed by atoms with Crippen LogP contribution in [0.15, 0.2) is 18.2 Å². The number of rotatable bonds is 0. The van der Waals surface area contributed by atoms with Gasteiger partial charge >= 0.3 is 0 Å². The minimum Gasteiger partial charge on any atom is -0.384 e. The van der Waals surface area contributed by atoms with Crippen LogP contribution in [0.4, 0.5) is 10.1 Å². The standard InChI is InChI=1S/C10H12FN/c1-10(2)6-12-9-5-7(11)3-4-8(9)10/h3-5,12H,6H2,1-2H3. The minimum atomic E-state index is -0.168. The lowest BCUT2D eigenvalue weighted by Crippen LogP contribution is -2.18. The zero-order valence-corrected chi connectivity index (χ0v) is 7.32. The quantitative estimate of drug-likeness (QED) is 0.623. The molecule has 1 aliphatic heterocycles. The molecule has 1 aromatic carbocycles. The molecule has 64 valence electrons. The van der Waals surface area contributed by atoms with Crippen molar-refractivity contribution >= 4 is 5.69 Å². The Kier molecular flexibility index (Phi) is 1.40. The lowest BCUT2D eigenvalue weighted by Gasteiger charge is -2.16.